The third kappa shape index (κ3) is 3.29. The molecule has 1 aliphatic heterocycles. The van der Waals surface area contributed by atoms with Crippen molar-refractivity contribution in [3.8, 4) is 5.75 Å². The van der Waals surface area contributed by atoms with E-state index in [1.165, 1.54) is 0 Å². The molecule has 5 heteroatoms. The van der Waals surface area contributed by atoms with Crippen molar-refractivity contribution in [3.05, 3.63) is 29.8 Å². The average molecular weight is 278 g/mol. The number of amides is 1. The second-order valence-corrected chi connectivity index (χ2v) is 5.83. The number of carbonyl (C=O) groups excluding carboxylic acids is 1. The van der Waals surface area contributed by atoms with Crippen LogP contribution in [0.2, 0.25) is 0 Å². The molecule has 0 spiro atoms. The normalized spacial score (nSPS) is 19.6. The maximum absolute atomic E-state index is 12.5. The van der Waals surface area contributed by atoms with Gasteiger partial charge >= 0.3 is 0 Å². The second-order valence-electron chi connectivity index (χ2n) is 5.83. The lowest BCUT2D eigenvalue weighted by molar-refractivity contribution is -0.147. The van der Waals surface area contributed by atoms with Crippen LogP contribution in [0.4, 0.5) is 0 Å². The van der Waals surface area contributed by atoms with E-state index in [1.807, 2.05) is 18.7 Å². The Morgan fingerprint density at radius 2 is 2.10 bits per heavy atom. The maximum atomic E-state index is 12.5. The molecule has 1 amide bonds. The van der Waals surface area contributed by atoms with Crippen LogP contribution in [0.5, 0.6) is 5.75 Å². The average Bonchev–Trinajstić information content (AvgIpc) is 2.40. The highest BCUT2D eigenvalue weighted by atomic mass is 16.5. The monoisotopic (exact) mass is 278 g/mol. The number of ether oxygens (including phenoxy) is 1. The Labute approximate surface area is 119 Å². The van der Waals surface area contributed by atoms with Crippen LogP contribution < -0.4 is 5.73 Å². The highest BCUT2D eigenvalue weighted by molar-refractivity contribution is 5.82. The van der Waals surface area contributed by atoms with Crippen molar-refractivity contribution in [1.82, 2.24) is 4.90 Å². The van der Waals surface area contributed by atoms with Gasteiger partial charge < -0.3 is 20.5 Å². The first-order valence-corrected chi connectivity index (χ1v) is 6.83. The summed E-state index contributed by atoms with van der Waals surface area (Å²) in [5, 5.41) is 9.25. The number of hydrogen-bond acceptors (Lipinski definition) is 4. The van der Waals surface area contributed by atoms with Crippen molar-refractivity contribution < 1.29 is 14.6 Å². The summed E-state index contributed by atoms with van der Waals surface area (Å²) in [7, 11) is 0. The van der Waals surface area contributed by atoms with Crippen LogP contribution in [0.25, 0.3) is 0 Å². The third-order valence-electron chi connectivity index (χ3n) is 3.62. The van der Waals surface area contributed by atoms with Crippen molar-refractivity contribution in [3.63, 3.8) is 0 Å². The van der Waals surface area contributed by atoms with Gasteiger partial charge in [0, 0.05) is 6.54 Å². The number of morpholine rings is 1. The van der Waals surface area contributed by atoms with Gasteiger partial charge in [-0.3, -0.25) is 4.79 Å². The summed E-state index contributed by atoms with van der Waals surface area (Å²) in [5.74, 6) is 0.161. The predicted molar refractivity (Wildman–Crippen MR) is 76.4 cm³/mol. The summed E-state index contributed by atoms with van der Waals surface area (Å²) in [6, 6.07) is 6.20. The smallest absolute Gasteiger partial charge is 0.240 e. The first-order valence-electron chi connectivity index (χ1n) is 6.83. The summed E-state index contributed by atoms with van der Waals surface area (Å²) in [5.41, 5.74) is 6.67. The van der Waals surface area contributed by atoms with Crippen molar-refractivity contribution in [2.45, 2.75) is 31.8 Å². The Kier molecular flexibility index (Phi) is 4.30. The molecule has 1 saturated heterocycles. The van der Waals surface area contributed by atoms with Gasteiger partial charge in [-0.2, -0.15) is 0 Å². The minimum absolute atomic E-state index is 0.0497. The Morgan fingerprint density at radius 1 is 1.45 bits per heavy atom. The number of aromatic hydroxyl groups is 1. The number of nitrogens with zero attached hydrogens (tertiary/aromatic N) is 1. The molecule has 2 rings (SSSR count). The molecule has 0 radical (unpaired) electrons. The number of phenolic OH excluding ortho intramolecular Hbond substituents is 1. The molecule has 0 aliphatic carbocycles. The largest absolute Gasteiger partial charge is 0.508 e. The van der Waals surface area contributed by atoms with Crippen LogP contribution in [0.15, 0.2) is 24.3 Å². The topological polar surface area (TPSA) is 75.8 Å². The van der Waals surface area contributed by atoms with E-state index < -0.39 is 6.04 Å². The molecule has 0 aromatic heterocycles. The van der Waals surface area contributed by atoms with Crippen LogP contribution in [-0.4, -0.2) is 47.3 Å². The lowest BCUT2D eigenvalue weighted by Crippen LogP contribution is -2.59. The van der Waals surface area contributed by atoms with Gasteiger partial charge in [-0.15, -0.1) is 0 Å². The lowest BCUT2D eigenvalue weighted by Gasteiger charge is -2.43. The van der Waals surface area contributed by atoms with E-state index in [2.05, 4.69) is 0 Å². The molecule has 20 heavy (non-hydrogen) atoms. The molecule has 1 heterocycles. The first kappa shape index (κ1) is 14.8. The van der Waals surface area contributed by atoms with Gasteiger partial charge in [0.05, 0.1) is 24.8 Å². The van der Waals surface area contributed by atoms with Gasteiger partial charge in [-0.25, -0.2) is 0 Å². The highest BCUT2D eigenvalue weighted by Crippen LogP contribution is 2.20. The molecule has 1 atom stereocenters. The van der Waals surface area contributed by atoms with E-state index in [1.54, 1.807) is 24.3 Å². The van der Waals surface area contributed by atoms with Crippen LogP contribution in [0.1, 0.15) is 19.4 Å². The van der Waals surface area contributed by atoms with E-state index in [0.29, 0.717) is 26.2 Å². The Morgan fingerprint density at radius 3 is 2.70 bits per heavy atom. The number of nitrogens with two attached hydrogens (primary N) is 1. The zero-order valence-electron chi connectivity index (χ0n) is 12.0. The van der Waals surface area contributed by atoms with Gasteiger partial charge in [-0.1, -0.05) is 12.1 Å². The fourth-order valence-electron chi connectivity index (χ4n) is 2.44. The first-order chi connectivity index (χ1) is 9.40. The molecule has 1 aromatic carbocycles. The molecule has 1 fully saturated rings. The molecule has 110 valence electrons. The quantitative estimate of drug-likeness (QED) is 0.861. The van der Waals surface area contributed by atoms with Crippen LogP contribution >= 0.6 is 0 Å². The summed E-state index contributed by atoms with van der Waals surface area (Å²) in [6.07, 6.45) is 0.465. The Balaban J connectivity index is 2.02. The zero-order chi connectivity index (χ0) is 14.8. The number of hydrogen-bond donors (Lipinski definition) is 2. The fourth-order valence-corrected chi connectivity index (χ4v) is 2.44. The zero-order valence-corrected chi connectivity index (χ0v) is 12.0. The molecular weight excluding hydrogens is 256 g/mol. The highest BCUT2D eigenvalue weighted by Gasteiger charge is 2.36. The number of carbonyl (C=O) groups is 1. The van der Waals surface area contributed by atoms with E-state index in [0.717, 1.165) is 5.56 Å². The van der Waals surface area contributed by atoms with Crippen molar-refractivity contribution in [1.29, 1.82) is 0 Å². The van der Waals surface area contributed by atoms with Gasteiger partial charge in [0.1, 0.15) is 5.75 Å². The standard InChI is InChI=1S/C15H22N2O3/c1-15(2)10-20-8-7-17(15)14(19)13(16)9-11-3-5-12(18)6-4-11/h3-6,13,18H,7-10,16H2,1-2H3/t13-/m0/s1. The van der Waals surface area contributed by atoms with Crippen molar-refractivity contribution in [2.75, 3.05) is 19.8 Å². The molecule has 0 saturated carbocycles. The van der Waals surface area contributed by atoms with Crippen LogP contribution in [0, 0.1) is 0 Å². The number of phenols is 1. The molecule has 1 aromatic rings. The van der Waals surface area contributed by atoms with E-state index in [-0.39, 0.29) is 17.2 Å². The predicted octanol–water partition coefficient (Wildman–Crippen LogP) is 0.899. The summed E-state index contributed by atoms with van der Waals surface area (Å²) in [6.45, 7) is 5.63. The van der Waals surface area contributed by atoms with Gasteiger partial charge in [-0.05, 0) is 38.0 Å². The number of benzene rings is 1. The lowest BCUT2D eigenvalue weighted by atomic mass is 9.99. The number of rotatable bonds is 3. The molecule has 1 aliphatic rings. The van der Waals surface area contributed by atoms with Crippen LogP contribution in [0.3, 0.4) is 0 Å². The third-order valence-corrected chi connectivity index (χ3v) is 3.62. The molecule has 5 nitrogen and oxygen atoms in total. The summed E-state index contributed by atoms with van der Waals surface area (Å²) >= 11 is 0. The Hall–Kier alpha value is -1.59. The van der Waals surface area contributed by atoms with Crippen molar-refractivity contribution >= 4 is 5.91 Å². The Bertz CT molecular complexity index is 471. The van der Waals surface area contributed by atoms with Crippen molar-refractivity contribution in [2.24, 2.45) is 5.73 Å². The SMILES string of the molecule is CC1(C)COCCN1C(=O)[C@@H](N)Cc1ccc(O)cc1. The summed E-state index contributed by atoms with van der Waals surface area (Å²) in [4.78, 5) is 14.3. The minimum atomic E-state index is -0.572. The molecule has 0 unspecified atom stereocenters. The van der Waals surface area contributed by atoms with E-state index in [4.69, 9.17) is 10.5 Å². The summed E-state index contributed by atoms with van der Waals surface area (Å²) < 4.78 is 5.41. The van der Waals surface area contributed by atoms with Gasteiger partial charge in [0.25, 0.3) is 0 Å². The van der Waals surface area contributed by atoms with E-state index in [9.17, 15) is 9.90 Å². The second kappa shape index (κ2) is 5.81. The van der Waals surface area contributed by atoms with Gasteiger partial charge in [0.15, 0.2) is 0 Å². The fraction of sp³-hybridized carbons (Fsp3) is 0.533. The molecular formula is C15H22N2O3. The molecule has 3 N–H and O–H groups in total. The van der Waals surface area contributed by atoms with Crippen LogP contribution in [-0.2, 0) is 16.0 Å². The van der Waals surface area contributed by atoms with Gasteiger partial charge in [0.2, 0.25) is 5.91 Å². The maximum Gasteiger partial charge on any atom is 0.240 e. The molecule has 0 bridgehead atoms. The minimum Gasteiger partial charge on any atom is -0.508 e. The van der Waals surface area contributed by atoms with E-state index >= 15 is 0 Å².